The molecule has 0 aromatic heterocycles. The van der Waals surface area contributed by atoms with Gasteiger partial charge in [-0.05, 0) is 6.42 Å². The summed E-state index contributed by atoms with van der Waals surface area (Å²) in [4.78, 5) is 0. The number of nitrogens with two attached hydrogens (primary N) is 1. The molecule has 0 aliphatic rings. The van der Waals surface area contributed by atoms with E-state index in [-0.39, 0.29) is 6.61 Å². The molecule has 0 spiro atoms. The van der Waals surface area contributed by atoms with E-state index < -0.39 is 12.1 Å². The number of unbranched alkanes of at least 4 members (excludes halogenated alkanes) is 18. The molecule has 0 bridgehead atoms. The van der Waals surface area contributed by atoms with E-state index in [9.17, 15) is 5.11 Å². The van der Waals surface area contributed by atoms with Crippen molar-refractivity contribution >= 4 is 0 Å². The minimum atomic E-state index is -0.541. The summed E-state index contributed by atoms with van der Waals surface area (Å²) in [5.74, 6) is 0. The summed E-state index contributed by atoms with van der Waals surface area (Å²) < 4.78 is 0. The molecule has 0 aromatic rings. The Morgan fingerprint density at radius 2 is 0.852 bits per heavy atom. The van der Waals surface area contributed by atoms with Gasteiger partial charge >= 0.3 is 0 Å². The third-order valence-corrected chi connectivity index (χ3v) is 5.81. The van der Waals surface area contributed by atoms with Gasteiger partial charge in [0.05, 0.1) is 18.8 Å². The molecule has 0 amide bonds. The highest BCUT2D eigenvalue weighted by molar-refractivity contribution is 4.70. The second-order valence-electron chi connectivity index (χ2n) is 8.57. The van der Waals surface area contributed by atoms with Gasteiger partial charge in [0.25, 0.3) is 0 Å². The lowest BCUT2D eigenvalue weighted by atomic mass is 10.0. The van der Waals surface area contributed by atoms with Gasteiger partial charge in [-0.15, -0.1) is 0 Å². The molecule has 0 fully saturated rings. The second-order valence-corrected chi connectivity index (χ2v) is 8.57. The van der Waals surface area contributed by atoms with Crippen molar-refractivity contribution < 1.29 is 10.2 Å². The van der Waals surface area contributed by atoms with Gasteiger partial charge in [-0.25, -0.2) is 0 Å². The predicted octanol–water partition coefficient (Wildman–Crippen LogP) is 6.49. The van der Waals surface area contributed by atoms with E-state index in [0.29, 0.717) is 0 Å². The Kier molecular flexibility index (Phi) is 22.1. The van der Waals surface area contributed by atoms with Gasteiger partial charge in [0, 0.05) is 0 Å². The van der Waals surface area contributed by atoms with Crippen LogP contribution in [-0.4, -0.2) is 29.0 Å². The third-order valence-electron chi connectivity index (χ3n) is 5.81. The second kappa shape index (κ2) is 22.2. The van der Waals surface area contributed by atoms with Crippen molar-refractivity contribution in [3.8, 4) is 0 Å². The monoisotopic (exact) mass is 385 g/mol. The minimum Gasteiger partial charge on any atom is -0.395 e. The quantitative estimate of drug-likeness (QED) is 0.187. The Bertz CT molecular complexity index is 273. The van der Waals surface area contributed by atoms with Gasteiger partial charge in [0.15, 0.2) is 0 Å². The molecular weight excluding hydrogens is 334 g/mol. The van der Waals surface area contributed by atoms with Crippen LogP contribution in [0.1, 0.15) is 135 Å². The largest absolute Gasteiger partial charge is 0.395 e. The molecule has 0 radical (unpaired) electrons. The van der Waals surface area contributed by atoms with Crippen LogP contribution < -0.4 is 5.73 Å². The maximum Gasteiger partial charge on any atom is 0.0713 e. The first-order valence-corrected chi connectivity index (χ1v) is 12.3. The molecule has 0 aromatic carbocycles. The lowest BCUT2D eigenvalue weighted by Crippen LogP contribution is -2.37. The predicted molar refractivity (Wildman–Crippen MR) is 119 cm³/mol. The van der Waals surface area contributed by atoms with Crippen LogP contribution in [0, 0.1) is 0 Å². The van der Waals surface area contributed by atoms with Gasteiger partial charge in [-0.1, -0.05) is 129 Å². The van der Waals surface area contributed by atoms with E-state index in [1.54, 1.807) is 0 Å². The Morgan fingerprint density at radius 3 is 1.15 bits per heavy atom. The van der Waals surface area contributed by atoms with E-state index >= 15 is 0 Å². The number of rotatable bonds is 22. The van der Waals surface area contributed by atoms with Crippen molar-refractivity contribution in [3.63, 3.8) is 0 Å². The van der Waals surface area contributed by atoms with Gasteiger partial charge in [0.2, 0.25) is 0 Å². The molecule has 0 aliphatic heterocycles. The van der Waals surface area contributed by atoms with Gasteiger partial charge in [-0.3, -0.25) is 0 Å². The van der Waals surface area contributed by atoms with Gasteiger partial charge in [-0.2, -0.15) is 0 Å². The topological polar surface area (TPSA) is 66.5 Å². The number of aliphatic hydroxyl groups is 2. The average Bonchev–Trinajstić information content (AvgIpc) is 2.68. The summed E-state index contributed by atoms with van der Waals surface area (Å²) in [5.41, 5.74) is 5.60. The van der Waals surface area contributed by atoms with E-state index in [1.807, 2.05) is 0 Å². The lowest BCUT2D eigenvalue weighted by Gasteiger charge is -2.15. The summed E-state index contributed by atoms with van der Waals surface area (Å²) >= 11 is 0. The van der Waals surface area contributed by atoms with E-state index in [1.165, 1.54) is 116 Å². The molecule has 0 saturated heterocycles. The van der Waals surface area contributed by atoms with Gasteiger partial charge < -0.3 is 15.9 Å². The van der Waals surface area contributed by atoms with Crippen molar-refractivity contribution in [2.45, 2.75) is 147 Å². The van der Waals surface area contributed by atoms with E-state index in [4.69, 9.17) is 10.8 Å². The molecule has 2 atom stereocenters. The molecule has 4 N–H and O–H groups in total. The van der Waals surface area contributed by atoms with Crippen molar-refractivity contribution in [2.24, 2.45) is 5.73 Å². The van der Waals surface area contributed by atoms with Crippen molar-refractivity contribution in [1.82, 2.24) is 0 Å². The summed E-state index contributed by atoms with van der Waals surface area (Å²) in [5, 5.41) is 18.6. The molecule has 0 rings (SSSR count). The average molecular weight is 386 g/mol. The lowest BCUT2D eigenvalue weighted by molar-refractivity contribution is 0.0990. The smallest absolute Gasteiger partial charge is 0.0713 e. The number of hydrogen-bond acceptors (Lipinski definition) is 3. The molecule has 3 heteroatoms. The zero-order valence-corrected chi connectivity index (χ0v) is 18.5. The fourth-order valence-corrected chi connectivity index (χ4v) is 3.77. The summed E-state index contributed by atoms with van der Waals surface area (Å²) in [6.07, 6.45) is 26.3. The molecule has 0 aliphatic carbocycles. The van der Waals surface area contributed by atoms with Crippen LogP contribution in [0.5, 0.6) is 0 Å². The highest BCUT2D eigenvalue weighted by atomic mass is 16.3. The Hall–Kier alpha value is -0.120. The first kappa shape index (κ1) is 26.9. The highest BCUT2D eigenvalue weighted by Crippen LogP contribution is 2.15. The standard InChI is InChI=1S/C24H51NO2/c1-2-3-4-5-6-7-8-9-10-11-12-13-14-15-16-17-18-19-20-21-24(27)23(25)22-26/h23-24,26-27H,2-22,25H2,1H3. The molecule has 164 valence electrons. The molecular formula is C24H51NO2. The van der Waals surface area contributed by atoms with Crippen molar-refractivity contribution in [2.75, 3.05) is 6.61 Å². The normalized spacial score (nSPS) is 13.8. The highest BCUT2D eigenvalue weighted by Gasteiger charge is 2.12. The maximum absolute atomic E-state index is 9.68. The molecule has 0 saturated carbocycles. The third kappa shape index (κ3) is 20.4. The SMILES string of the molecule is CCCCCCCCCCCCCCCCCCCCCC(O)C(N)CO. The zero-order valence-electron chi connectivity index (χ0n) is 18.5. The fourth-order valence-electron chi connectivity index (χ4n) is 3.77. The van der Waals surface area contributed by atoms with E-state index in [2.05, 4.69) is 6.92 Å². The molecule has 0 heterocycles. The van der Waals surface area contributed by atoms with Crippen molar-refractivity contribution in [3.05, 3.63) is 0 Å². The van der Waals surface area contributed by atoms with Crippen LogP contribution in [0.3, 0.4) is 0 Å². The van der Waals surface area contributed by atoms with E-state index in [0.717, 1.165) is 12.8 Å². The van der Waals surface area contributed by atoms with Crippen LogP contribution in [0.2, 0.25) is 0 Å². The van der Waals surface area contributed by atoms with Crippen LogP contribution in [-0.2, 0) is 0 Å². The Labute approximate surface area is 170 Å². The summed E-state index contributed by atoms with van der Waals surface area (Å²) in [6, 6.07) is -0.472. The first-order chi connectivity index (χ1) is 13.2. The fraction of sp³-hybridized carbons (Fsp3) is 1.00. The summed E-state index contributed by atoms with van der Waals surface area (Å²) in [6.45, 7) is 2.16. The van der Waals surface area contributed by atoms with Crippen LogP contribution in [0.15, 0.2) is 0 Å². The number of hydrogen-bond donors (Lipinski definition) is 3. The van der Waals surface area contributed by atoms with Crippen LogP contribution in [0.4, 0.5) is 0 Å². The molecule has 2 unspecified atom stereocenters. The van der Waals surface area contributed by atoms with Crippen LogP contribution in [0.25, 0.3) is 0 Å². The molecule has 27 heavy (non-hydrogen) atoms. The molecule has 3 nitrogen and oxygen atoms in total. The van der Waals surface area contributed by atoms with Crippen LogP contribution >= 0.6 is 0 Å². The maximum atomic E-state index is 9.68. The Morgan fingerprint density at radius 1 is 0.556 bits per heavy atom. The zero-order chi connectivity index (χ0) is 20.0. The minimum absolute atomic E-state index is 0.125. The Balaban J connectivity index is 3.07. The van der Waals surface area contributed by atoms with Gasteiger partial charge in [0.1, 0.15) is 0 Å². The van der Waals surface area contributed by atoms with Crippen molar-refractivity contribution in [1.29, 1.82) is 0 Å². The summed E-state index contributed by atoms with van der Waals surface area (Å²) in [7, 11) is 0. The first-order valence-electron chi connectivity index (χ1n) is 12.3. The number of aliphatic hydroxyl groups excluding tert-OH is 2.